The molecule has 0 aliphatic heterocycles. The largest absolute Gasteiger partial charge is 0.433 e. The molecule has 10 heteroatoms. The molecule has 1 unspecified atom stereocenters. The zero-order chi connectivity index (χ0) is 21.7. The highest BCUT2D eigenvalue weighted by molar-refractivity contribution is 9.10. The molecule has 0 radical (unpaired) electrons. The van der Waals surface area contributed by atoms with Gasteiger partial charge in [0, 0.05) is 27.8 Å². The second kappa shape index (κ2) is 8.03. The highest BCUT2D eigenvalue weighted by atomic mass is 79.9. The normalized spacial score (nSPS) is 15.5. The lowest BCUT2D eigenvalue weighted by atomic mass is 10.1. The van der Waals surface area contributed by atoms with E-state index in [1.807, 2.05) is 6.92 Å². The molecule has 3 heterocycles. The Kier molecular flexibility index (Phi) is 5.35. The molecule has 5 rings (SSSR count). The van der Waals surface area contributed by atoms with E-state index in [2.05, 4.69) is 47.3 Å². The minimum Gasteiger partial charge on any atom is -0.433 e. The smallest absolute Gasteiger partial charge is 0.253 e. The summed E-state index contributed by atoms with van der Waals surface area (Å²) in [5, 5.41) is 7.94. The molecule has 1 fully saturated rings. The third kappa shape index (κ3) is 4.02. The van der Waals surface area contributed by atoms with Gasteiger partial charge in [-0.15, -0.1) is 0 Å². The van der Waals surface area contributed by atoms with Crippen LogP contribution in [0.1, 0.15) is 30.1 Å². The number of carbonyl (C=O) groups is 1. The number of aromatic nitrogens is 3. The molecule has 7 nitrogen and oxygen atoms in total. The Morgan fingerprint density at radius 1 is 1.35 bits per heavy atom. The number of benzene rings is 1. The van der Waals surface area contributed by atoms with Gasteiger partial charge in [0.15, 0.2) is 11.2 Å². The van der Waals surface area contributed by atoms with Gasteiger partial charge in [-0.25, -0.2) is 14.5 Å². The Bertz CT molecular complexity index is 1410. The Balaban J connectivity index is 1.72. The van der Waals surface area contributed by atoms with Gasteiger partial charge in [0.05, 0.1) is 11.3 Å². The molecule has 1 atom stereocenters. The Labute approximate surface area is 198 Å². The second-order valence-corrected chi connectivity index (χ2v) is 9.59. The number of pyridine rings is 1. The van der Waals surface area contributed by atoms with Gasteiger partial charge < -0.3 is 9.73 Å². The maximum absolute atomic E-state index is 13.1. The Morgan fingerprint density at radius 3 is 2.94 bits per heavy atom. The molecule has 1 N–H and O–H groups in total. The summed E-state index contributed by atoms with van der Waals surface area (Å²) in [6.45, 7) is 2.02. The van der Waals surface area contributed by atoms with E-state index in [1.165, 1.54) is 0 Å². The van der Waals surface area contributed by atoms with Crippen LogP contribution in [0.2, 0.25) is 5.02 Å². The van der Waals surface area contributed by atoms with Crippen molar-refractivity contribution in [3.8, 4) is 0 Å². The number of halogens is 3. The first-order valence-electron chi connectivity index (χ1n) is 9.68. The highest BCUT2D eigenvalue weighted by Crippen LogP contribution is 2.35. The summed E-state index contributed by atoms with van der Waals surface area (Å²) in [4.78, 5) is 22.1. The maximum Gasteiger partial charge on any atom is 0.253 e. The number of amides is 1. The summed E-state index contributed by atoms with van der Waals surface area (Å²) in [5.74, 6) is 0.299. The van der Waals surface area contributed by atoms with Crippen molar-refractivity contribution in [1.82, 2.24) is 19.9 Å². The molecule has 0 spiro atoms. The number of nitrogens with zero attached hydrogens (tertiary/aromatic N) is 4. The fourth-order valence-electron chi connectivity index (χ4n) is 3.48. The molecule has 3 aromatic heterocycles. The van der Waals surface area contributed by atoms with E-state index >= 15 is 0 Å². The molecule has 0 saturated heterocycles. The van der Waals surface area contributed by atoms with Gasteiger partial charge in [0.2, 0.25) is 5.55 Å². The van der Waals surface area contributed by atoms with Gasteiger partial charge >= 0.3 is 0 Å². The average Bonchev–Trinajstić information content (AvgIpc) is 3.51. The molecule has 158 valence electrons. The lowest BCUT2D eigenvalue weighted by Gasteiger charge is -2.14. The van der Waals surface area contributed by atoms with Gasteiger partial charge in [0.25, 0.3) is 5.91 Å². The Hall–Kier alpha value is -2.23. The summed E-state index contributed by atoms with van der Waals surface area (Å²) in [7, 11) is 0. The van der Waals surface area contributed by atoms with Crippen LogP contribution < -0.4 is 10.9 Å². The summed E-state index contributed by atoms with van der Waals surface area (Å²) in [5.41, 5.74) is 2.78. The van der Waals surface area contributed by atoms with Crippen LogP contribution in [-0.2, 0) is 0 Å². The Morgan fingerprint density at radius 2 is 2.16 bits per heavy atom. The van der Waals surface area contributed by atoms with Crippen molar-refractivity contribution in [3.63, 3.8) is 0 Å². The van der Waals surface area contributed by atoms with E-state index in [-0.39, 0.29) is 11.9 Å². The minimum absolute atomic E-state index is 0.0898. The molecule has 31 heavy (non-hydrogen) atoms. The van der Waals surface area contributed by atoms with Gasteiger partial charge in [-0.3, -0.25) is 4.79 Å². The number of hydrogen-bond acceptors (Lipinski definition) is 5. The summed E-state index contributed by atoms with van der Waals surface area (Å²) >= 11 is 13.2. The number of fused-ring (bicyclic) bond motifs is 3. The molecule has 1 aliphatic rings. The van der Waals surface area contributed by atoms with Gasteiger partial charge in [-0.05, 0) is 81.8 Å². The lowest BCUT2D eigenvalue weighted by molar-refractivity contribution is 0.0936. The summed E-state index contributed by atoms with van der Waals surface area (Å²) in [6.07, 6.45) is 3.94. The highest BCUT2D eigenvalue weighted by Gasteiger charge is 2.30. The van der Waals surface area contributed by atoms with Crippen LogP contribution in [0.3, 0.4) is 0 Å². The van der Waals surface area contributed by atoms with Gasteiger partial charge in [-0.1, -0.05) is 11.6 Å². The van der Waals surface area contributed by atoms with Crippen LogP contribution in [0, 0.1) is 5.92 Å². The third-order valence-corrected chi connectivity index (χ3v) is 6.44. The van der Waals surface area contributed by atoms with Crippen LogP contribution >= 0.6 is 43.5 Å². The topological polar surface area (TPSA) is 84.8 Å². The van der Waals surface area contributed by atoms with E-state index in [4.69, 9.17) is 21.0 Å². The van der Waals surface area contributed by atoms with Crippen LogP contribution in [-0.4, -0.2) is 26.5 Å². The fraction of sp³-hybridized carbons (Fsp3) is 0.238. The van der Waals surface area contributed by atoms with E-state index in [0.717, 1.165) is 12.8 Å². The van der Waals surface area contributed by atoms with Crippen molar-refractivity contribution in [1.29, 1.82) is 0 Å². The van der Waals surface area contributed by atoms with Crippen LogP contribution in [0.15, 0.2) is 55.0 Å². The fourth-order valence-corrected chi connectivity index (χ4v) is 4.75. The van der Waals surface area contributed by atoms with E-state index < -0.39 is 0 Å². The number of rotatable bonds is 4. The second-order valence-electron chi connectivity index (χ2n) is 7.49. The molecule has 1 aromatic carbocycles. The zero-order valence-electron chi connectivity index (χ0n) is 16.3. The zero-order valence-corrected chi connectivity index (χ0v) is 20.2. The molecule has 1 saturated carbocycles. The SMILES string of the molecule is CC(NC(=O)c1cc(Cl)cc(Br)c1N=c1oc2cccnc2n2nc(Br)cc12)C1CC1. The van der Waals surface area contributed by atoms with Crippen molar-refractivity contribution in [2.75, 3.05) is 0 Å². The molecule has 1 aliphatic carbocycles. The number of carbonyl (C=O) groups excluding carboxylic acids is 1. The lowest BCUT2D eigenvalue weighted by Crippen LogP contribution is -2.34. The summed E-state index contributed by atoms with van der Waals surface area (Å²) in [6, 6.07) is 8.76. The van der Waals surface area contributed by atoms with Crippen LogP contribution in [0.5, 0.6) is 0 Å². The van der Waals surface area contributed by atoms with E-state index in [9.17, 15) is 4.79 Å². The molecule has 4 aromatic rings. The predicted octanol–water partition coefficient (Wildman–Crippen LogP) is 5.41. The van der Waals surface area contributed by atoms with Crippen LogP contribution in [0.25, 0.3) is 16.7 Å². The van der Waals surface area contributed by atoms with Crippen molar-refractivity contribution in [2.45, 2.75) is 25.8 Å². The average molecular weight is 566 g/mol. The molecular formula is C21H16Br2ClN5O2. The number of nitrogens with one attached hydrogen (secondary N) is 1. The molecule has 0 bridgehead atoms. The third-order valence-electron chi connectivity index (χ3n) is 5.23. The predicted molar refractivity (Wildman–Crippen MR) is 124 cm³/mol. The van der Waals surface area contributed by atoms with Crippen molar-refractivity contribution in [3.05, 3.63) is 61.7 Å². The monoisotopic (exact) mass is 563 g/mol. The maximum atomic E-state index is 13.1. The first-order valence-corrected chi connectivity index (χ1v) is 11.6. The van der Waals surface area contributed by atoms with Gasteiger partial charge in [-0.2, -0.15) is 5.10 Å². The quantitative estimate of drug-likeness (QED) is 0.359. The molecular weight excluding hydrogens is 550 g/mol. The number of hydrogen-bond donors (Lipinski definition) is 1. The van der Waals surface area contributed by atoms with Gasteiger partial charge in [0.1, 0.15) is 10.1 Å². The minimum atomic E-state index is -0.227. The van der Waals surface area contributed by atoms with Crippen LogP contribution in [0.4, 0.5) is 5.69 Å². The first kappa shape index (κ1) is 20.7. The standard InChI is InChI=1S/C21H16Br2ClN5O2/c1-10(11-4-5-11)26-20(30)13-7-12(24)8-14(22)18(13)27-21-15-9-17(23)28-29(15)19-16(31-21)3-2-6-25-19/h2-3,6-11H,4-5H2,1H3,(H,26,30). The van der Waals surface area contributed by atoms with Crippen molar-refractivity contribution >= 4 is 71.8 Å². The van der Waals surface area contributed by atoms with E-state index in [0.29, 0.717) is 53.6 Å². The van der Waals surface area contributed by atoms with E-state index in [1.54, 1.807) is 41.0 Å². The summed E-state index contributed by atoms with van der Waals surface area (Å²) < 4.78 is 8.90. The van der Waals surface area contributed by atoms with Crippen molar-refractivity contribution < 1.29 is 9.21 Å². The first-order chi connectivity index (χ1) is 14.9. The molecule has 1 amide bonds. The van der Waals surface area contributed by atoms with Crippen molar-refractivity contribution in [2.24, 2.45) is 10.9 Å².